The molecule has 6 heteroatoms. The summed E-state index contributed by atoms with van der Waals surface area (Å²) in [6.07, 6.45) is 4.07. The monoisotopic (exact) mass is 349 g/mol. The van der Waals surface area contributed by atoms with Crippen LogP contribution in [0.4, 0.5) is 0 Å². The van der Waals surface area contributed by atoms with Gasteiger partial charge < -0.3 is 0 Å². The highest BCUT2D eigenvalue weighted by Gasteiger charge is 2.23. The van der Waals surface area contributed by atoms with Crippen LogP contribution < -0.4 is 0 Å². The average molecular weight is 349 g/mol. The van der Waals surface area contributed by atoms with Gasteiger partial charge in [0.05, 0.1) is 5.39 Å². The topological polar surface area (TPSA) is 46.3 Å². The van der Waals surface area contributed by atoms with Crippen molar-refractivity contribution in [1.82, 2.24) is 24.5 Å². The van der Waals surface area contributed by atoms with Crippen molar-refractivity contribution in [3.63, 3.8) is 0 Å². The molecular formula is C19H19N5S. The Balaban J connectivity index is 1.67. The van der Waals surface area contributed by atoms with E-state index in [1.54, 1.807) is 6.33 Å². The van der Waals surface area contributed by atoms with Crippen LogP contribution in [0.2, 0.25) is 0 Å². The molecule has 3 aromatic heterocycles. The first-order valence-electron chi connectivity index (χ1n) is 8.77. The van der Waals surface area contributed by atoms with Crippen molar-refractivity contribution in [3.8, 4) is 11.4 Å². The summed E-state index contributed by atoms with van der Waals surface area (Å²) in [5, 5.41) is 5.85. The second-order valence-electron chi connectivity index (χ2n) is 6.52. The van der Waals surface area contributed by atoms with E-state index in [9.17, 15) is 0 Å². The van der Waals surface area contributed by atoms with Crippen LogP contribution in [0.25, 0.3) is 27.3 Å². The number of rotatable bonds is 3. The van der Waals surface area contributed by atoms with E-state index in [1.807, 2.05) is 46.2 Å². The third-order valence-electron chi connectivity index (χ3n) is 4.83. The number of hydrogen-bond acceptors (Lipinski definition) is 5. The Kier molecular flexibility index (Phi) is 3.53. The summed E-state index contributed by atoms with van der Waals surface area (Å²) in [4.78, 5) is 14.6. The van der Waals surface area contributed by atoms with Crippen LogP contribution in [0.5, 0.6) is 0 Å². The second-order valence-corrected chi connectivity index (χ2v) is 7.61. The number of benzene rings is 1. The van der Waals surface area contributed by atoms with Gasteiger partial charge in [-0.1, -0.05) is 37.3 Å². The minimum absolute atomic E-state index is 0.762. The number of thiophene rings is 1. The molecule has 1 aromatic carbocycles. The van der Waals surface area contributed by atoms with E-state index in [0.717, 1.165) is 41.4 Å². The second kappa shape index (κ2) is 5.89. The maximum Gasteiger partial charge on any atom is 0.182 e. The SMILES string of the molecule is CCCN1CCc2c(sc3ncn4nc(-c5ccccc5)nc4c23)C1. The molecule has 0 unspecified atom stereocenters. The Morgan fingerprint density at radius 3 is 2.92 bits per heavy atom. The number of hydrogen-bond donors (Lipinski definition) is 0. The first kappa shape index (κ1) is 15.0. The van der Waals surface area contributed by atoms with E-state index in [2.05, 4.69) is 21.9 Å². The van der Waals surface area contributed by atoms with Crippen LogP contribution >= 0.6 is 11.3 Å². The third kappa shape index (κ3) is 2.44. The molecule has 0 fully saturated rings. The Labute approximate surface area is 149 Å². The first-order valence-corrected chi connectivity index (χ1v) is 9.58. The van der Waals surface area contributed by atoms with E-state index in [4.69, 9.17) is 4.98 Å². The normalized spacial score (nSPS) is 15.1. The van der Waals surface area contributed by atoms with Crippen molar-refractivity contribution >= 4 is 27.2 Å². The van der Waals surface area contributed by atoms with Crippen LogP contribution in [0.1, 0.15) is 23.8 Å². The van der Waals surface area contributed by atoms with E-state index in [1.165, 1.54) is 28.8 Å². The van der Waals surface area contributed by atoms with Gasteiger partial charge in [-0.2, -0.15) is 0 Å². The standard InChI is InChI=1S/C19H19N5S/c1-2-9-23-10-8-14-15(11-23)25-19-16(14)18-21-17(22-24(18)12-20-19)13-6-4-3-5-7-13/h3-7,12H,2,8-11H2,1H3. The molecule has 0 saturated heterocycles. The molecule has 0 bridgehead atoms. The van der Waals surface area contributed by atoms with Crippen LogP contribution in [-0.4, -0.2) is 37.6 Å². The number of fused-ring (bicyclic) bond motifs is 5. The molecule has 5 nitrogen and oxygen atoms in total. The van der Waals surface area contributed by atoms with Gasteiger partial charge in [-0.3, -0.25) is 4.90 Å². The summed E-state index contributed by atoms with van der Waals surface area (Å²) < 4.78 is 1.83. The van der Waals surface area contributed by atoms with E-state index >= 15 is 0 Å². The molecule has 0 saturated carbocycles. The fourth-order valence-electron chi connectivity index (χ4n) is 3.66. The van der Waals surface area contributed by atoms with Crippen LogP contribution in [0.3, 0.4) is 0 Å². The number of nitrogens with zero attached hydrogens (tertiary/aromatic N) is 5. The van der Waals surface area contributed by atoms with Gasteiger partial charge >= 0.3 is 0 Å². The van der Waals surface area contributed by atoms with Gasteiger partial charge in [-0.05, 0) is 24.9 Å². The number of aromatic nitrogens is 4. The Bertz CT molecular complexity index is 1050. The molecule has 4 aromatic rings. The smallest absolute Gasteiger partial charge is 0.182 e. The summed E-state index contributed by atoms with van der Waals surface area (Å²) in [5.41, 5.74) is 3.40. The van der Waals surface area contributed by atoms with Gasteiger partial charge in [0.2, 0.25) is 0 Å². The molecular weight excluding hydrogens is 330 g/mol. The van der Waals surface area contributed by atoms with Crippen LogP contribution in [-0.2, 0) is 13.0 Å². The lowest BCUT2D eigenvalue weighted by molar-refractivity contribution is 0.258. The van der Waals surface area contributed by atoms with E-state index < -0.39 is 0 Å². The zero-order valence-electron chi connectivity index (χ0n) is 14.1. The quantitative estimate of drug-likeness (QED) is 0.565. The van der Waals surface area contributed by atoms with E-state index in [0.29, 0.717) is 0 Å². The summed E-state index contributed by atoms with van der Waals surface area (Å²) in [6, 6.07) is 10.1. The van der Waals surface area contributed by atoms with Crippen LogP contribution in [0.15, 0.2) is 36.7 Å². The van der Waals surface area contributed by atoms with Crippen molar-refractivity contribution in [1.29, 1.82) is 0 Å². The fourth-order valence-corrected chi connectivity index (χ4v) is 4.89. The largest absolute Gasteiger partial charge is 0.298 e. The summed E-state index contributed by atoms with van der Waals surface area (Å²) in [5.74, 6) is 0.762. The van der Waals surface area contributed by atoms with Gasteiger partial charge in [0, 0.05) is 23.5 Å². The molecule has 0 atom stereocenters. The minimum Gasteiger partial charge on any atom is -0.298 e. The van der Waals surface area contributed by atoms with Crippen molar-refractivity contribution in [3.05, 3.63) is 47.1 Å². The fraction of sp³-hybridized carbons (Fsp3) is 0.316. The summed E-state index contributed by atoms with van der Waals surface area (Å²) in [7, 11) is 0. The molecule has 4 heterocycles. The molecule has 0 radical (unpaired) electrons. The molecule has 0 N–H and O–H groups in total. The molecule has 0 amide bonds. The zero-order valence-corrected chi connectivity index (χ0v) is 15.0. The zero-order chi connectivity index (χ0) is 16.8. The highest BCUT2D eigenvalue weighted by molar-refractivity contribution is 7.19. The first-order chi connectivity index (χ1) is 12.3. The molecule has 1 aliphatic rings. The van der Waals surface area contributed by atoms with Crippen molar-refractivity contribution in [2.45, 2.75) is 26.3 Å². The molecule has 1 aliphatic heterocycles. The molecule has 126 valence electrons. The predicted octanol–water partition coefficient (Wildman–Crippen LogP) is 3.77. The van der Waals surface area contributed by atoms with Crippen molar-refractivity contribution < 1.29 is 0 Å². The van der Waals surface area contributed by atoms with Gasteiger partial charge in [-0.15, -0.1) is 16.4 Å². The highest BCUT2D eigenvalue weighted by Crippen LogP contribution is 2.36. The van der Waals surface area contributed by atoms with E-state index in [-0.39, 0.29) is 0 Å². The maximum absolute atomic E-state index is 4.85. The lowest BCUT2D eigenvalue weighted by Crippen LogP contribution is -2.30. The minimum atomic E-state index is 0.762. The highest BCUT2D eigenvalue weighted by atomic mass is 32.1. The van der Waals surface area contributed by atoms with Gasteiger partial charge in [0.1, 0.15) is 11.2 Å². The predicted molar refractivity (Wildman–Crippen MR) is 101 cm³/mol. The average Bonchev–Trinajstić information content (AvgIpc) is 3.23. The molecule has 5 rings (SSSR count). The molecule has 0 spiro atoms. The van der Waals surface area contributed by atoms with Gasteiger partial charge in [0.25, 0.3) is 0 Å². The molecule has 0 aliphatic carbocycles. The van der Waals surface area contributed by atoms with Crippen LogP contribution in [0, 0.1) is 0 Å². The Morgan fingerprint density at radius 2 is 2.08 bits per heavy atom. The lowest BCUT2D eigenvalue weighted by atomic mass is 10.1. The molecule has 25 heavy (non-hydrogen) atoms. The third-order valence-corrected chi connectivity index (χ3v) is 5.95. The van der Waals surface area contributed by atoms with Crippen molar-refractivity contribution in [2.24, 2.45) is 0 Å². The maximum atomic E-state index is 4.85. The van der Waals surface area contributed by atoms with Crippen molar-refractivity contribution in [2.75, 3.05) is 13.1 Å². The Morgan fingerprint density at radius 1 is 1.20 bits per heavy atom. The van der Waals surface area contributed by atoms with Gasteiger partial charge in [0.15, 0.2) is 11.5 Å². The van der Waals surface area contributed by atoms with Gasteiger partial charge in [-0.25, -0.2) is 14.5 Å². The summed E-state index contributed by atoms with van der Waals surface area (Å²) in [6.45, 7) is 5.57. The lowest BCUT2D eigenvalue weighted by Gasteiger charge is -2.26. The summed E-state index contributed by atoms with van der Waals surface area (Å²) >= 11 is 1.82. The Hall–Kier alpha value is -2.31.